The molecular weight excluding hydrogens is 930 g/mol. The fourth-order valence-electron chi connectivity index (χ4n) is 7.18. The minimum absolute atomic E-state index is 0.00381. The minimum Gasteiger partial charge on any atom is -0.506 e. The Balaban J connectivity index is 0.954. The molecule has 4 aromatic rings. The van der Waals surface area contributed by atoms with E-state index in [0.29, 0.717) is 97.0 Å². The van der Waals surface area contributed by atoms with Gasteiger partial charge in [-0.1, -0.05) is 72.8 Å². The van der Waals surface area contributed by atoms with Gasteiger partial charge in [-0.25, -0.2) is 9.59 Å². The lowest BCUT2D eigenvalue weighted by molar-refractivity contribution is -0.116. The highest BCUT2D eigenvalue weighted by Gasteiger charge is 2.29. The first-order chi connectivity index (χ1) is 34.2. The van der Waals surface area contributed by atoms with E-state index in [2.05, 4.69) is 22.8 Å². The summed E-state index contributed by atoms with van der Waals surface area (Å²) in [4.78, 5) is 52.5. The van der Waals surface area contributed by atoms with Crippen LogP contribution < -0.4 is 10.6 Å². The van der Waals surface area contributed by atoms with Crippen LogP contribution in [0.2, 0.25) is 0 Å². The van der Waals surface area contributed by atoms with Gasteiger partial charge in [0.15, 0.2) is 0 Å². The van der Waals surface area contributed by atoms with E-state index in [1.165, 1.54) is 17.0 Å². The molecule has 3 N–H and O–H groups in total. The van der Waals surface area contributed by atoms with Crippen LogP contribution in [0.4, 0.5) is 15.3 Å². The molecule has 4 aromatic carbocycles. The van der Waals surface area contributed by atoms with Crippen LogP contribution in [0.15, 0.2) is 91.0 Å². The average Bonchev–Trinajstić information content (AvgIpc) is 3.69. The van der Waals surface area contributed by atoms with Crippen molar-refractivity contribution in [1.82, 2.24) is 10.2 Å². The van der Waals surface area contributed by atoms with Crippen molar-refractivity contribution < 1.29 is 71.7 Å². The maximum absolute atomic E-state index is 13.5. The van der Waals surface area contributed by atoms with Gasteiger partial charge >= 0.3 is 12.2 Å². The molecule has 1 aliphatic rings. The summed E-state index contributed by atoms with van der Waals surface area (Å²) in [6.45, 7) is 6.27. The van der Waals surface area contributed by atoms with Crippen molar-refractivity contribution in [2.75, 3.05) is 131 Å². The topological polar surface area (TPSA) is 208 Å². The quantitative estimate of drug-likeness (QED) is 0.0254. The highest BCUT2D eigenvalue weighted by Crippen LogP contribution is 2.44. The van der Waals surface area contributed by atoms with Gasteiger partial charge in [-0.05, 0) is 63.2 Å². The molecule has 0 radical (unpaired) electrons. The Morgan fingerprint density at radius 2 is 1.14 bits per heavy atom. The van der Waals surface area contributed by atoms with Crippen LogP contribution in [0.25, 0.3) is 11.1 Å². The predicted octanol–water partition coefficient (Wildman–Crippen LogP) is 6.54. The summed E-state index contributed by atoms with van der Waals surface area (Å²) >= 11 is 5.84. The summed E-state index contributed by atoms with van der Waals surface area (Å²) in [6, 6.07) is 27.1. The van der Waals surface area contributed by atoms with Crippen LogP contribution in [-0.4, -0.2) is 159 Å². The molecule has 0 heterocycles. The molecule has 0 bridgehead atoms. The zero-order valence-electron chi connectivity index (χ0n) is 39.6. The molecule has 0 atom stereocenters. The minimum atomic E-state index is -0.704. The summed E-state index contributed by atoms with van der Waals surface area (Å²) in [5, 5.41) is 15.1. The Morgan fingerprint density at radius 1 is 0.629 bits per heavy atom. The lowest BCUT2D eigenvalue weighted by Crippen LogP contribution is -2.34. The van der Waals surface area contributed by atoms with Crippen molar-refractivity contribution in [3.63, 3.8) is 0 Å². The van der Waals surface area contributed by atoms with Gasteiger partial charge in [0, 0.05) is 44.6 Å². The van der Waals surface area contributed by atoms with E-state index in [1.54, 1.807) is 37.4 Å². The normalized spacial score (nSPS) is 11.7. The van der Waals surface area contributed by atoms with Crippen molar-refractivity contribution >= 4 is 40.6 Å². The molecular formula is C51H64ClN3O15. The number of phenols is 1. The second-order valence-corrected chi connectivity index (χ2v) is 15.9. The number of aromatic hydroxyl groups is 1. The van der Waals surface area contributed by atoms with Gasteiger partial charge in [-0.2, -0.15) is 0 Å². The summed E-state index contributed by atoms with van der Waals surface area (Å²) in [7, 11) is 1.63. The lowest BCUT2D eigenvalue weighted by atomic mass is 9.98. The molecule has 5 rings (SSSR count). The van der Waals surface area contributed by atoms with Gasteiger partial charge in [0.05, 0.1) is 105 Å². The standard InChI is InChI=1S/C51H64ClN3O15/c1-61-20-21-63-24-25-65-28-29-67-32-33-68-31-30-66-27-26-64-23-22-62-19-18-55(35-39-8-2-3-9-40(39)49(52)58)51(60)70-36-38-14-15-47(56)46(34-38)54-48(57)16-17-53-50(59)69-37-45-43-12-6-4-10-41(43)42-11-5-7-13-44(42)45/h2-15,34,45,56H,16-33,35-37H2,1H3,(H,53,59)(H,54,57). The number of hydrogen-bond acceptors (Lipinski definition) is 15. The Hall–Kier alpha value is -5.67. The number of phenolic OH excluding ortho intramolecular Hbond substituents is 1. The monoisotopic (exact) mass is 993 g/mol. The molecule has 0 saturated heterocycles. The smallest absolute Gasteiger partial charge is 0.410 e. The Morgan fingerprint density at radius 3 is 1.70 bits per heavy atom. The Labute approximate surface area is 413 Å². The number of anilines is 1. The van der Waals surface area contributed by atoms with Crippen LogP contribution in [-0.2, 0) is 65.3 Å². The van der Waals surface area contributed by atoms with E-state index in [-0.39, 0.29) is 75.4 Å². The van der Waals surface area contributed by atoms with Crippen molar-refractivity contribution in [3.05, 3.63) is 119 Å². The van der Waals surface area contributed by atoms with Crippen molar-refractivity contribution in [3.8, 4) is 16.9 Å². The summed E-state index contributed by atoms with van der Waals surface area (Å²) in [5.74, 6) is -0.782. The number of hydrogen-bond donors (Lipinski definition) is 3. The van der Waals surface area contributed by atoms with Crippen molar-refractivity contribution in [1.29, 1.82) is 0 Å². The van der Waals surface area contributed by atoms with Gasteiger partial charge in [-0.3, -0.25) is 9.59 Å². The molecule has 0 saturated carbocycles. The maximum Gasteiger partial charge on any atom is 0.410 e. The molecule has 0 aromatic heterocycles. The largest absolute Gasteiger partial charge is 0.506 e. The summed E-state index contributed by atoms with van der Waals surface area (Å²) in [6.07, 6.45) is -1.46. The summed E-state index contributed by atoms with van der Waals surface area (Å²) in [5.41, 5.74) is 5.74. The number of methoxy groups -OCH3 is 1. The number of carbonyl (C=O) groups excluding carboxylic acids is 4. The van der Waals surface area contributed by atoms with Crippen LogP contribution >= 0.6 is 11.6 Å². The van der Waals surface area contributed by atoms with E-state index < -0.39 is 23.3 Å². The molecule has 1 aliphatic carbocycles. The lowest BCUT2D eigenvalue weighted by Gasteiger charge is -2.23. The zero-order chi connectivity index (χ0) is 49.6. The third-order valence-electron chi connectivity index (χ3n) is 10.7. The SMILES string of the molecule is COCCOCCOCCOCCOCCOCCOCCOCCN(Cc1ccccc1C(=O)Cl)C(=O)OCc1ccc(O)c(NC(=O)CCNC(=O)OCC2c3ccccc3-c3ccccc32)c1. The third-order valence-corrected chi connectivity index (χ3v) is 10.9. The second kappa shape index (κ2) is 32.3. The number of alkyl carbamates (subject to hydrolysis) is 1. The fourth-order valence-corrected chi connectivity index (χ4v) is 7.36. The number of carbonyl (C=O) groups is 4. The van der Waals surface area contributed by atoms with E-state index >= 15 is 0 Å². The average molecular weight is 995 g/mol. The van der Waals surface area contributed by atoms with Crippen LogP contribution in [0.3, 0.4) is 0 Å². The first-order valence-electron chi connectivity index (χ1n) is 23.2. The molecule has 0 aliphatic heterocycles. The molecule has 380 valence electrons. The molecule has 0 fully saturated rings. The van der Waals surface area contributed by atoms with Gasteiger partial charge in [-0.15, -0.1) is 0 Å². The first kappa shape index (κ1) is 55.3. The Kier molecular flexibility index (Phi) is 25.5. The van der Waals surface area contributed by atoms with Gasteiger partial charge in [0.1, 0.15) is 19.0 Å². The number of amides is 3. The molecule has 19 heteroatoms. The first-order valence-corrected chi connectivity index (χ1v) is 23.6. The van der Waals surface area contributed by atoms with Gasteiger partial charge in [0.2, 0.25) is 5.91 Å². The highest BCUT2D eigenvalue weighted by atomic mass is 35.5. The number of nitrogens with zero attached hydrogens (tertiary/aromatic N) is 1. The van der Waals surface area contributed by atoms with Crippen molar-refractivity contribution in [2.24, 2.45) is 0 Å². The summed E-state index contributed by atoms with van der Waals surface area (Å²) < 4.78 is 54.7. The number of fused-ring (bicyclic) bond motifs is 3. The number of rotatable bonds is 35. The Bertz CT molecular complexity index is 2170. The number of nitrogens with one attached hydrogen (secondary N) is 2. The van der Waals surface area contributed by atoms with Crippen LogP contribution in [0.1, 0.15) is 45.0 Å². The number of ether oxygens (including phenoxy) is 10. The molecule has 3 amide bonds. The highest BCUT2D eigenvalue weighted by molar-refractivity contribution is 6.67. The molecule has 0 spiro atoms. The fraction of sp³-hybridized carbons (Fsp3) is 0.451. The van der Waals surface area contributed by atoms with Crippen LogP contribution in [0.5, 0.6) is 5.75 Å². The third kappa shape index (κ3) is 19.6. The van der Waals surface area contributed by atoms with E-state index in [0.717, 1.165) is 22.3 Å². The van der Waals surface area contributed by atoms with Crippen molar-refractivity contribution in [2.45, 2.75) is 25.5 Å². The second-order valence-electron chi connectivity index (χ2n) is 15.6. The number of benzene rings is 4. The molecule has 0 unspecified atom stereocenters. The van der Waals surface area contributed by atoms with E-state index in [1.807, 2.05) is 36.4 Å². The molecule has 70 heavy (non-hydrogen) atoms. The maximum atomic E-state index is 13.5. The molecule has 18 nitrogen and oxygen atoms in total. The van der Waals surface area contributed by atoms with Crippen LogP contribution in [0, 0.1) is 0 Å². The van der Waals surface area contributed by atoms with E-state index in [9.17, 15) is 24.3 Å². The number of halogens is 1. The van der Waals surface area contributed by atoms with Gasteiger partial charge in [0.25, 0.3) is 5.24 Å². The predicted molar refractivity (Wildman–Crippen MR) is 259 cm³/mol. The van der Waals surface area contributed by atoms with E-state index in [4.69, 9.17) is 59.0 Å². The van der Waals surface area contributed by atoms with Gasteiger partial charge < -0.3 is 68.0 Å². The zero-order valence-corrected chi connectivity index (χ0v) is 40.3.